The van der Waals surface area contributed by atoms with Crippen LogP contribution < -0.4 is 5.56 Å². The van der Waals surface area contributed by atoms with Crippen molar-refractivity contribution in [2.45, 2.75) is 34.2 Å². The minimum atomic E-state index is -0.317. The molecule has 2 aromatic heterocycles. The predicted octanol–water partition coefficient (Wildman–Crippen LogP) is 4.55. The standard InChI is InChI=1S/C17H14N2O2S.C2H6.CH3.Y/c1-4-9-19-16-15(22-11(3)18-16)14(20)13(17(19)21)12-8-6-5-7-10(12)2;1-2;;/h1,5-8,20H,9H2,2-3H3;1-2H3;1H3;/q;;-1;. The van der Waals surface area contributed by atoms with Crippen LogP contribution in [0.15, 0.2) is 29.1 Å². The van der Waals surface area contributed by atoms with Gasteiger partial charge in [-0.3, -0.25) is 9.36 Å². The van der Waals surface area contributed by atoms with Crippen molar-refractivity contribution in [3.05, 3.63) is 52.6 Å². The molecule has 0 unspecified atom stereocenters. The van der Waals surface area contributed by atoms with E-state index < -0.39 is 0 Å². The molecule has 6 heteroatoms. The fourth-order valence-electron chi connectivity index (χ4n) is 2.53. The van der Waals surface area contributed by atoms with Crippen molar-refractivity contribution in [1.82, 2.24) is 9.55 Å². The second kappa shape index (κ2) is 10.6. The van der Waals surface area contributed by atoms with Crippen LogP contribution in [-0.2, 0) is 39.3 Å². The van der Waals surface area contributed by atoms with Crippen LogP contribution in [0.1, 0.15) is 24.4 Å². The molecule has 1 N–H and O–H groups in total. The van der Waals surface area contributed by atoms with E-state index in [1.807, 2.05) is 52.0 Å². The summed E-state index contributed by atoms with van der Waals surface area (Å²) in [5.41, 5.74) is 2.04. The number of fused-ring (bicyclic) bond motifs is 1. The van der Waals surface area contributed by atoms with E-state index >= 15 is 0 Å². The first kappa shape index (κ1) is 24.5. The Labute approximate surface area is 184 Å². The van der Waals surface area contributed by atoms with Crippen LogP contribution in [-0.4, -0.2) is 14.7 Å². The molecule has 135 valence electrons. The van der Waals surface area contributed by atoms with Gasteiger partial charge >= 0.3 is 0 Å². The number of aromatic hydroxyl groups is 1. The summed E-state index contributed by atoms with van der Waals surface area (Å²) in [5, 5.41) is 11.4. The second-order valence-corrected chi connectivity index (χ2v) is 6.22. The van der Waals surface area contributed by atoms with Gasteiger partial charge < -0.3 is 12.5 Å². The quantitative estimate of drug-likeness (QED) is 0.466. The summed E-state index contributed by atoms with van der Waals surface area (Å²) >= 11 is 1.35. The molecule has 1 radical (unpaired) electrons. The zero-order valence-corrected chi connectivity index (χ0v) is 19.5. The van der Waals surface area contributed by atoms with E-state index in [0.717, 1.165) is 10.6 Å². The molecular weight excluding hydrogens is 421 g/mol. The van der Waals surface area contributed by atoms with Crippen LogP contribution in [0.4, 0.5) is 0 Å². The van der Waals surface area contributed by atoms with E-state index in [9.17, 15) is 9.90 Å². The molecule has 0 aliphatic rings. The minimum Gasteiger partial charge on any atom is -0.505 e. The molecule has 2 heterocycles. The number of hydrogen-bond donors (Lipinski definition) is 1. The Morgan fingerprint density at radius 2 is 1.88 bits per heavy atom. The molecule has 3 rings (SSSR count). The fraction of sp³-hybridized carbons (Fsp3) is 0.250. The Kier molecular flexibility index (Phi) is 10.0. The van der Waals surface area contributed by atoms with Crippen molar-refractivity contribution in [2.24, 2.45) is 0 Å². The molecule has 0 aliphatic carbocycles. The van der Waals surface area contributed by atoms with Crippen LogP contribution in [0, 0.1) is 33.6 Å². The van der Waals surface area contributed by atoms with Gasteiger partial charge in [0, 0.05) is 32.7 Å². The summed E-state index contributed by atoms with van der Waals surface area (Å²) in [4.78, 5) is 17.2. The van der Waals surface area contributed by atoms with E-state index in [-0.39, 0.29) is 63.6 Å². The summed E-state index contributed by atoms with van der Waals surface area (Å²) in [6.07, 6.45) is 5.39. The van der Waals surface area contributed by atoms with Gasteiger partial charge in [0.2, 0.25) is 0 Å². The number of benzene rings is 1. The first-order valence-corrected chi connectivity index (χ1v) is 8.58. The molecule has 0 spiro atoms. The molecule has 3 aromatic rings. The number of hydrogen-bond acceptors (Lipinski definition) is 4. The first-order chi connectivity index (χ1) is 11.5. The number of terminal acetylenes is 1. The maximum absolute atomic E-state index is 12.8. The molecule has 0 saturated heterocycles. The minimum absolute atomic E-state index is 0. The van der Waals surface area contributed by atoms with Crippen LogP contribution in [0.5, 0.6) is 5.75 Å². The number of aryl methyl sites for hydroxylation is 2. The zero-order chi connectivity index (χ0) is 17.9. The maximum Gasteiger partial charge on any atom is 0.264 e. The molecular formula is C20H23N2O2SY-. The van der Waals surface area contributed by atoms with Crippen molar-refractivity contribution < 1.29 is 37.8 Å². The molecule has 0 amide bonds. The third-order valence-electron chi connectivity index (χ3n) is 3.55. The van der Waals surface area contributed by atoms with Crippen molar-refractivity contribution >= 4 is 21.7 Å². The summed E-state index contributed by atoms with van der Waals surface area (Å²) in [6, 6.07) is 7.47. The molecule has 26 heavy (non-hydrogen) atoms. The molecule has 0 saturated carbocycles. The monoisotopic (exact) mass is 444 g/mol. The molecule has 1 aromatic carbocycles. The smallest absolute Gasteiger partial charge is 0.264 e. The molecule has 0 bridgehead atoms. The Morgan fingerprint density at radius 1 is 1.27 bits per heavy atom. The van der Waals surface area contributed by atoms with Gasteiger partial charge in [-0.15, -0.1) is 17.8 Å². The van der Waals surface area contributed by atoms with E-state index in [0.29, 0.717) is 15.9 Å². The summed E-state index contributed by atoms with van der Waals surface area (Å²) in [7, 11) is 0. The third kappa shape index (κ3) is 4.43. The van der Waals surface area contributed by atoms with Crippen LogP contribution in [0.2, 0.25) is 0 Å². The van der Waals surface area contributed by atoms with Crippen LogP contribution in [0.3, 0.4) is 0 Å². The molecule has 0 fully saturated rings. The zero-order valence-electron chi connectivity index (χ0n) is 15.8. The van der Waals surface area contributed by atoms with Crippen LogP contribution in [0.25, 0.3) is 21.5 Å². The number of nitrogens with zero attached hydrogens (tertiary/aromatic N) is 2. The van der Waals surface area contributed by atoms with Gasteiger partial charge in [0.05, 0.1) is 17.1 Å². The van der Waals surface area contributed by atoms with E-state index in [1.165, 1.54) is 15.9 Å². The van der Waals surface area contributed by atoms with Gasteiger partial charge in [-0.25, -0.2) is 4.98 Å². The number of aromatic nitrogens is 2. The number of thiazole rings is 1. The van der Waals surface area contributed by atoms with Crippen molar-refractivity contribution in [3.8, 4) is 29.2 Å². The largest absolute Gasteiger partial charge is 0.505 e. The van der Waals surface area contributed by atoms with Crippen molar-refractivity contribution in [2.75, 3.05) is 0 Å². The van der Waals surface area contributed by atoms with Gasteiger partial charge in [0.25, 0.3) is 5.56 Å². The number of pyridine rings is 1. The first-order valence-electron chi connectivity index (χ1n) is 7.77. The SMILES string of the molecule is C#CCn1c(=O)c(-c2ccccc2C)c(O)c2sc(C)nc21.CC.[CH3-].[Y]. The van der Waals surface area contributed by atoms with Crippen LogP contribution >= 0.6 is 11.3 Å². The van der Waals surface area contributed by atoms with Crippen molar-refractivity contribution in [1.29, 1.82) is 0 Å². The predicted molar refractivity (Wildman–Crippen MR) is 107 cm³/mol. The summed E-state index contributed by atoms with van der Waals surface area (Å²) in [6.45, 7) is 7.86. The summed E-state index contributed by atoms with van der Waals surface area (Å²) in [5.74, 6) is 2.46. The Morgan fingerprint density at radius 3 is 2.46 bits per heavy atom. The molecule has 4 nitrogen and oxygen atoms in total. The van der Waals surface area contributed by atoms with E-state index in [1.54, 1.807) is 0 Å². The van der Waals surface area contributed by atoms with Gasteiger partial charge in [-0.2, -0.15) is 0 Å². The topological polar surface area (TPSA) is 55.1 Å². The molecule has 0 aliphatic heterocycles. The maximum atomic E-state index is 12.8. The summed E-state index contributed by atoms with van der Waals surface area (Å²) < 4.78 is 2.03. The van der Waals surface area contributed by atoms with E-state index in [4.69, 9.17) is 6.42 Å². The second-order valence-electron chi connectivity index (χ2n) is 5.02. The normalized spacial score (nSPS) is 9.35. The Hall–Kier alpha value is -1.48. The van der Waals surface area contributed by atoms with E-state index in [2.05, 4.69) is 10.9 Å². The number of rotatable bonds is 2. The molecule has 0 atom stereocenters. The average molecular weight is 444 g/mol. The Bertz CT molecular complexity index is 984. The Balaban J connectivity index is 0.00000151. The fourth-order valence-corrected chi connectivity index (χ4v) is 3.41. The van der Waals surface area contributed by atoms with Gasteiger partial charge in [0.1, 0.15) is 10.4 Å². The van der Waals surface area contributed by atoms with Gasteiger partial charge in [-0.1, -0.05) is 44.0 Å². The third-order valence-corrected chi connectivity index (χ3v) is 4.51. The van der Waals surface area contributed by atoms with Gasteiger partial charge in [0.15, 0.2) is 5.65 Å². The van der Waals surface area contributed by atoms with Gasteiger partial charge in [-0.05, 0) is 25.0 Å². The average Bonchev–Trinajstić information content (AvgIpc) is 2.97. The van der Waals surface area contributed by atoms with Crippen molar-refractivity contribution in [3.63, 3.8) is 0 Å².